The summed E-state index contributed by atoms with van der Waals surface area (Å²) in [5.74, 6) is -0.0958. The molecule has 0 aliphatic carbocycles. The Morgan fingerprint density at radius 1 is 1.33 bits per heavy atom. The van der Waals surface area contributed by atoms with Crippen LogP contribution in [0.4, 0.5) is 0 Å². The van der Waals surface area contributed by atoms with Crippen LogP contribution in [0.2, 0.25) is 0 Å². The van der Waals surface area contributed by atoms with E-state index in [2.05, 4.69) is 14.8 Å². The zero-order valence-corrected chi connectivity index (χ0v) is 16.7. The maximum Gasteiger partial charge on any atom is 0.278 e. The van der Waals surface area contributed by atoms with Crippen molar-refractivity contribution in [1.82, 2.24) is 28.5 Å². The Labute approximate surface area is 159 Å². The van der Waals surface area contributed by atoms with Crippen molar-refractivity contribution >= 4 is 21.8 Å². The van der Waals surface area contributed by atoms with E-state index in [1.807, 2.05) is 18.0 Å². The molecular weight excluding hydrogens is 368 g/mol. The van der Waals surface area contributed by atoms with Gasteiger partial charge in [-0.3, -0.25) is 4.79 Å². The fourth-order valence-electron chi connectivity index (χ4n) is 3.33. The van der Waals surface area contributed by atoms with Crippen molar-refractivity contribution in [2.45, 2.75) is 38.6 Å². The van der Waals surface area contributed by atoms with Crippen molar-refractivity contribution in [1.29, 1.82) is 0 Å². The number of carbonyl (C=O) groups is 1. The third kappa shape index (κ3) is 4.28. The van der Waals surface area contributed by atoms with Gasteiger partial charge >= 0.3 is 0 Å². The Balaban J connectivity index is 1.73. The lowest BCUT2D eigenvalue weighted by Gasteiger charge is -2.35. The van der Waals surface area contributed by atoms with Crippen molar-refractivity contribution < 1.29 is 13.2 Å². The second kappa shape index (κ2) is 7.91. The SMILES string of the molecule is Cc1cnc2c(C(=O)N3CCCC[C@H]3CCNS(=O)(=O)N(C)C)cnn2c1. The number of nitrogens with one attached hydrogen (secondary N) is 1. The molecule has 0 aromatic carbocycles. The first-order valence-corrected chi connectivity index (χ1v) is 10.5. The highest BCUT2D eigenvalue weighted by Crippen LogP contribution is 2.23. The van der Waals surface area contributed by atoms with Gasteiger partial charge in [-0.2, -0.15) is 17.8 Å². The van der Waals surface area contributed by atoms with Crippen LogP contribution in [0.3, 0.4) is 0 Å². The molecule has 1 N–H and O–H groups in total. The fourth-order valence-corrected chi connectivity index (χ4v) is 3.96. The molecule has 3 rings (SSSR count). The van der Waals surface area contributed by atoms with E-state index in [-0.39, 0.29) is 11.9 Å². The van der Waals surface area contributed by atoms with Crippen LogP contribution in [-0.2, 0) is 10.2 Å². The van der Waals surface area contributed by atoms with E-state index in [4.69, 9.17) is 0 Å². The maximum atomic E-state index is 13.1. The van der Waals surface area contributed by atoms with Gasteiger partial charge in [0.05, 0.1) is 6.20 Å². The van der Waals surface area contributed by atoms with Crippen molar-refractivity contribution in [3.05, 3.63) is 29.7 Å². The number of hydrogen-bond acceptors (Lipinski definition) is 5. The minimum absolute atomic E-state index is 0.00323. The Kier molecular flexibility index (Phi) is 5.78. The van der Waals surface area contributed by atoms with Gasteiger partial charge in [-0.05, 0) is 38.2 Å². The van der Waals surface area contributed by atoms with Gasteiger partial charge in [0.25, 0.3) is 16.1 Å². The van der Waals surface area contributed by atoms with Gasteiger partial charge in [0.2, 0.25) is 0 Å². The number of nitrogens with zero attached hydrogens (tertiary/aromatic N) is 5. The van der Waals surface area contributed by atoms with Crippen LogP contribution in [0.15, 0.2) is 18.6 Å². The summed E-state index contributed by atoms with van der Waals surface area (Å²) in [6.07, 6.45) is 8.52. The van der Waals surface area contributed by atoms with E-state index < -0.39 is 10.2 Å². The average molecular weight is 395 g/mol. The Morgan fingerprint density at radius 2 is 2.11 bits per heavy atom. The predicted octanol–water partition coefficient (Wildman–Crippen LogP) is 0.819. The molecule has 2 aromatic rings. The van der Waals surface area contributed by atoms with Crippen LogP contribution >= 0.6 is 0 Å². The summed E-state index contributed by atoms with van der Waals surface area (Å²) in [4.78, 5) is 19.3. The normalized spacial score (nSPS) is 18.4. The van der Waals surface area contributed by atoms with Crippen LogP contribution in [0.25, 0.3) is 5.65 Å². The quantitative estimate of drug-likeness (QED) is 0.782. The van der Waals surface area contributed by atoms with E-state index in [1.54, 1.807) is 16.9 Å². The maximum absolute atomic E-state index is 13.1. The van der Waals surface area contributed by atoms with Crippen LogP contribution in [0.5, 0.6) is 0 Å². The number of carbonyl (C=O) groups excluding carboxylic acids is 1. The zero-order chi connectivity index (χ0) is 19.6. The minimum Gasteiger partial charge on any atom is -0.335 e. The van der Waals surface area contributed by atoms with Crippen molar-refractivity contribution in [3.8, 4) is 0 Å². The smallest absolute Gasteiger partial charge is 0.278 e. The van der Waals surface area contributed by atoms with Gasteiger partial charge in [0.15, 0.2) is 5.65 Å². The first-order chi connectivity index (χ1) is 12.8. The lowest BCUT2D eigenvalue weighted by atomic mass is 9.98. The van der Waals surface area contributed by atoms with Crippen LogP contribution < -0.4 is 4.72 Å². The number of amides is 1. The Hall–Kier alpha value is -2.04. The molecule has 0 bridgehead atoms. The van der Waals surface area contributed by atoms with Gasteiger partial charge in [0, 0.05) is 45.6 Å². The largest absolute Gasteiger partial charge is 0.335 e. The molecule has 1 fully saturated rings. The Bertz CT molecular complexity index is 924. The third-order valence-corrected chi connectivity index (χ3v) is 6.38. The number of hydrogen-bond donors (Lipinski definition) is 1. The third-order valence-electron chi connectivity index (χ3n) is 4.85. The van der Waals surface area contributed by atoms with E-state index in [0.29, 0.717) is 30.7 Å². The fraction of sp³-hybridized carbons (Fsp3) is 0.588. The van der Waals surface area contributed by atoms with Crippen LogP contribution in [0, 0.1) is 6.92 Å². The summed E-state index contributed by atoms with van der Waals surface area (Å²) in [5, 5.41) is 4.24. The highest BCUT2D eigenvalue weighted by Gasteiger charge is 2.29. The van der Waals surface area contributed by atoms with Crippen molar-refractivity contribution in [3.63, 3.8) is 0 Å². The molecule has 2 aromatic heterocycles. The van der Waals surface area contributed by atoms with E-state index >= 15 is 0 Å². The molecule has 0 unspecified atom stereocenters. The summed E-state index contributed by atoms with van der Waals surface area (Å²) in [6.45, 7) is 2.87. The number of likely N-dealkylation sites (tertiary alicyclic amines) is 1. The van der Waals surface area contributed by atoms with Gasteiger partial charge < -0.3 is 4.90 Å². The monoisotopic (exact) mass is 394 g/mol. The second-order valence-corrected chi connectivity index (χ2v) is 9.05. The van der Waals surface area contributed by atoms with Crippen LogP contribution in [-0.4, -0.2) is 71.4 Å². The summed E-state index contributed by atoms with van der Waals surface area (Å²) in [6, 6.07) is -0.00323. The molecule has 1 saturated heterocycles. The molecule has 1 aliphatic heterocycles. The van der Waals surface area contributed by atoms with Crippen molar-refractivity contribution in [2.24, 2.45) is 0 Å². The standard InChI is InChI=1S/C17H26N6O3S/c1-13-10-18-16-15(11-19-23(16)12-13)17(24)22-9-5-4-6-14(22)7-8-20-27(25,26)21(2)3/h10-12,14,20H,4-9H2,1-3H3/t14-/m0/s1. The molecule has 148 valence electrons. The first kappa shape index (κ1) is 19.7. The number of aryl methyl sites for hydroxylation is 1. The Morgan fingerprint density at radius 3 is 2.85 bits per heavy atom. The van der Waals surface area contributed by atoms with E-state index in [1.165, 1.54) is 14.1 Å². The van der Waals surface area contributed by atoms with E-state index in [0.717, 1.165) is 29.1 Å². The molecule has 9 nitrogen and oxygen atoms in total. The summed E-state index contributed by atoms with van der Waals surface area (Å²) in [7, 11) is -0.487. The number of piperidine rings is 1. The highest BCUT2D eigenvalue weighted by molar-refractivity contribution is 7.87. The van der Waals surface area contributed by atoms with Crippen molar-refractivity contribution in [2.75, 3.05) is 27.2 Å². The van der Waals surface area contributed by atoms with Gasteiger partial charge in [-0.1, -0.05) is 0 Å². The lowest BCUT2D eigenvalue weighted by Crippen LogP contribution is -2.46. The minimum atomic E-state index is -3.46. The van der Waals surface area contributed by atoms with Crippen LogP contribution in [0.1, 0.15) is 41.6 Å². The molecular formula is C17H26N6O3S. The summed E-state index contributed by atoms with van der Waals surface area (Å²) >= 11 is 0. The molecule has 1 amide bonds. The highest BCUT2D eigenvalue weighted by atomic mass is 32.2. The lowest BCUT2D eigenvalue weighted by molar-refractivity contribution is 0.0605. The zero-order valence-electron chi connectivity index (χ0n) is 15.9. The molecule has 10 heteroatoms. The predicted molar refractivity (Wildman–Crippen MR) is 102 cm³/mol. The topological polar surface area (TPSA) is 99.9 Å². The van der Waals surface area contributed by atoms with Gasteiger partial charge in [-0.15, -0.1) is 0 Å². The first-order valence-electron chi connectivity index (χ1n) is 9.07. The molecule has 1 atom stereocenters. The molecule has 0 radical (unpaired) electrons. The number of fused-ring (bicyclic) bond motifs is 1. The molecule has 1 aliphatic rings. The summed E-state index contributed by atoms with van der Waals surface area (Å²) < 4.78 is 29.1. The summed E-state index contributed by atoms with van der Waals surface area (Å²) in [5.41, 5.74) is 1.99. The second-order valence-electron chi connectivity index (χ2n) is 7.08. The number of aromatic nitrogens is 3. The van der Waals surface area contributed by atoms with Gasteiger partial charge in [0.1, 0.15) is 5.56 Å². The molecule has 3 heterocycles. The number of rotatable bonds is 6. The average Bonchev–Trinajstić information content (AvgIpc) is 3.04. The molecule has 0 saturated carbocycles. The van der Waals surface area contributed by atoms with Gasteiger partial charge in [-0.25, -0.2) is 14.2 Å². The molecule has 27 heavy (non-hydrogen) atoms. The molecule has 0 spiro atoms. The van der Waals surface area contributed by atoms with E-state index in [9.17, 15) is 13.2 Å².